The van der Waals surface area contributed by atoms with Crippen molar-refractivity contribution in [3.05, 3.63) is 46.2 Å². The minimum atomic E-state index is -0.00748. The average molecular weight is 394 g/mol. The van der Waals surface area contributed by atoms with E-state index >= 15 is 0 Å². The lowest BCUT2D eigenvalue weighted by Gasteiger charge is -2.14. The van der Waals surface area contributed by atoms with Crippen LogP contribution in [0.5, 0.6) is 0 Å². The first kappa shape index (κ1) is 19.3. The number of amides is 1. The van der Waals surface area contributed by atoms with Gasteiger partial charge in [0.25, 0.3) is 0 Å². The van der Waals surface area contributed by atoms with Crippen molar-refractivity contribution in [3.63, 3.8) is 0 Å². The molecule has 2 aromatic rings. The molecule has 0 aliphatic carbocycles. The van der Waals surface area contributed by atoms with Gasteiger partial charge in [0.05, 0.1) is 24.1 Å². The molecular formula is C19H24ClN3O2S. The van der Waals surface area contributed by atoms with Gasteiger partial charge in [0, 0.05) is 23.9 Å². The second-order valence-corrected chi connectivity index (χ2v) is 7.88. The molecule has 1 aliphatic rings. The quantitative estimate of drug-likeness (QED) is 0.728. The van der Waals surface area contributed by atoms with Crippen LogP contribution in [0.1, 0.15) is 29.8 Å². The van der Waals surface area contributed by atoms with E-state index in [1.54, 1.807) is 0 Å². The molecule has 26 heavy (non-hydrogen) atoms. The van der Waals surface area contributed by atoms with Crippen LogP contribution in [0.25, 0.3) is 0 Å². The largest absolute Gasteiger partial charge is 0.376 e. The Morgan fingerprint density at radius 3 is 2.85 bits per heavy atom. The maximum absolute atomic E-state index is 12.2. The van der Waals surface area contributed by atoms with Gasteiger partial charge >= 0.3 is 0 Å². The van der Waals surface area contributed by atoms with E-state index in [1.165, 1.54) is 11.8 Å². The van der Waals surface area contributed by atoms with E-state index < -0.39 is 0 Å². The lowest BCUT2D eigenvalue weighted by Crippen LogP contribution is -2.25. The molecule has 2 heterocycles. The SMILES string of the molecule is Cc1nc(SCC(=O)NCc2ccc(Cl)cc2)n(CC2CCCO2)c1C. The summed E-state index contributed by atoms with van der Waals surface area (Å²) in [5.74, 6) is 0.335. The molecule has 1 amide bonds. The number of aryl methyl sites for hydroxylation is 1. The second-order valence-electron chi connectivity index (χ2n) is 6.50. The number of rotatable bonds is 7. The molecule has 1 aromatic carbocycles. The molecule has 140 valence electrons. The third kappa shape index (κ3) is 5.02. The number of hydrogen-bond donors (Lipinski definition) is 1. The first-order valence-electron chi connectivity index (χ1n) is 8.82. The van der Waals surface area contributed by atoms with Crippen molar-refractivity contribution >= 4 is 29.3 Å². The fourth-order valence-electron chi connectivity index (χ4n) is 2.92. The lowest BCUT2D eigenvalue weighted by molar-refractivity contribution is -0.118. The van der Waals surface area contributed by atoms with E-state index in [0.717, 1.165) is 48.1 Å². The van der Waals surface area contributed by atoms with E-state index in [-0.39, 0.29) is 12.0 Å². The molecule has 1 saturated heterocycles. The summed E-state index contributed by atoms with van der Waals surface area (Å²) >= 11 is 7.35. The molecular weight excluding hydrogens is 370 g/mol. The molecule has 0 spiro atoms. The summed E-state index contributed by atoms with van der Waals surface area (Å²) < 4.78 is 7.93. The van der Waals surface area contributed by atoms with E-state index in [1.807, 2.05) is 31.2 Å². The number of halogens is 1. The van der Waals surface area contributed by atoms with Gasteiger partial charge in [0.1, 0.15) is 0 Å². The maximum atomic E-state index is 12.2. The zero-order valence-electron chi connectivity index (χ0n) is 15.1. The van der Waals surface area contributed by atoms with Crippen LogP contribution in [-0.2, 0) is 22.6 Å². The predicted molar refractivity (Wildman–Crippen MR) is 105 cm³/mol. The molecule has 7 heteroatoms. The van der Waals surface area contributed by atoms with E-state index in [4.69, 9.17) is 16.3 Å². The molecule has 1 N–H and O–H groups in total. The number of carbonyl (C=O) groups is 1. The molecule has 0 saturated carbocycles. The molecule has 3 rings (SSSR count). The minimum Gasteiger partial charge on any atom is -0.376 e. The lowest BCUT2D eigenvalue weighted by atomic mass is 10.2. The number of nitrogens with one attached hydrogen (secondary N) is 1. The van der Waals surface area contributed by atoms with Crippen molar-refractivity contribution < 1.29 is 9.53 Å². The van der Waals surface area contributed by atoms with Gasteiger partial charge in [-0.15, -0.1) is 0 Å². The van der Waals surface area contributed by atoms with Gasteiger partial charge in [-0.1, -0.05) is 35.5 Å². The zero-order valence-corrected chi connectivity index (χ0v) is 16.7. The smallest absolute Gasteiger partial charge is 0.230 e. The first-order valence-corrected chi connectivity index (χ1v) is 10.2. The van der Waals surface area contributed by atoms with Crippen molar-refractivity contribution in [2.24, 2.45) is 0 Å². The fourth-order valence-corrected chi connectivity index (χ4v) is 3.98. The third-order valence-electron chi connectivity index (χ3n) is 4.57. The topological polar surface area (TPSA) is 56.2 Å². The number of aromatic nitrogens is 2. The standard InChI is InChI=1S/C19H24ClN3O2S/c1-13-14(2)23(11-17-4-3-9-25-17)19(22-13)26-12-18(24)21-10-15-5-7-16(20)8-6-15/h5-8,17H,3-4,9-12H2,1-2H3,(H,21,24). The zero-order chi connectivity index (χ0) is 18.5. The summed E-state index contributed by atoms with van der Waals surface area (Å²) in [7, 11) is 0. The monoisotopic (exact) mass is 393 g/mol. The summed E-state index contributed by atoms with van der Waals surface area (Å²) in [6.07, 6.45) is 2.45. The molecule has 1 aromatic heterocycles. The van der Waals surface area contributed by atoms with Crippen molar-refractivity contribution in [2.75, 3.05) is 12.4 Å². The van der Waals surface area contributed by atoms with Crippen LogP contribution in [0, 0.1) is 13.8 Å². The van der Waals surface area contributed by atoms with Crippen LogP contribution in [-0.4, -0.2) is 33.9 Å². The number of nitrogens with zero attached hydrogens (tertiary/aromatic N) is 2. The summed E-state index contributed by atoms with van der Waals surface area (Å²) in [5, 5.41) is 4.52. The number of thioether (sulfide) groups is 1. The molecule has 0 bridgehead atoms. The Bertz CT molecular complexity index is 755. The average Bonchev–Trinajstić information content (AvgIpc) is 3.23. The van der Waals surface area contributed by atoms with Gasteiger partial charge < -0.3 is 14.6 Å². The highest BCUT2D eigenvalue weighted by atomic mass is 35.5. The Morgan fingerprint density at radius 1 is 1.38 bits per heavy atom. The number of benzene rings is 1. The van der Waals surface area contributed by atoms with Crippen molar-refractivity contribution in [1.82, 2.24) is 14.9 Å². The normalized spacial score (nSPS) is 16.8. The number of carbonyl (C=O) groups excluding carboxylic acids is 1. The van der Waals surface area contributed by atoms with Crippen LogP contribution in [0.3, 0.4) is 0 Å². The Morgan fingerprint density at radius 2 is 2.15 bits per heavy atom. The highest BCUT2D eigenvalue weighted by Crippen LogP contribution is 2.24. The summed E-state index contributed by atoms with van der Waals surface area (Å²) in [6, 6.07) is 7.48. The number of hydrogen-bond acceptors (Lipinski definition) is 4. The Hall–Kier alpha value is -1.50. The van der Waals surface area contributed by atoms with Gasteiger partial charge in [0.2, 0.25) is 5.91 Å². The Balaban J connectivity index is 1.54. The van der Waals surface area contributed by atoms with Crippen molar-refractivity contribution in [1.29, 1.82) is 0 Å². The van der Waals surface area contributed by atoms with Crippen LogP contribution in [0.15, 0.2) is 29.4 Å². The second kappa shape index (κ2) is 8.93. The highest BCUT2D eigenvalue weighted by Gasteiger charge is 2.20. The van der Waals surface area contributed by atoms with E-state index in [2.05, 4.69) is 21.8 Å². The fraction of sp³-hybridized carbons (Fsp3) is 0.474. The van der Waals surface area contributed by atoms with Gasteiger partial charge in [-0.25, -0.2) is 4.98 Å². The molecule has 0 radical (unpaired) electrons. The molecule has 1 unspecified atom stereocenters. The van der Waals surface area contributed by atoms with Crippen LogP contribution < -0.4 is 5.32 Å². The Kier molecular flexibility index (Phi) is 6.62. The van der Waals surface area contributed by atoms with Crippen molar-refractivity contribution in [2.45, 2.75) is 51.0 Å². The van der Waals surface area contributed by atoms with Crippen LogP contribution >= 0.6 is 23.4 Å². The van der Waals surface area contributed by atoms with Crippen LogP contribution in [0.2, 0.25) is 5.02 Å². The summed E-state index contributed by atoms with van der Waals surface area (Å²) in [5.41, 5.74) is 3.18. The number of imidazole rings is 1. The van der Waals surface area contributed by atoms with Gasteiger partial charge in [-0.2, -0.15) is 0 Å². The summed E-state index contributed by atoms with van der Waals surface area (Å²) in [4.78, 5) is 16.8. The predicted octanol–water partition coefficient (Wildman–Crippen LogP) is 3.74. The third-order valence-corrected chi connectivity index (χ3v) is 5.80. The minimum absolute atomic E-state index is 0.00748. The van der Waals surface area contributed by atoms with Gasteiger partial charge in [0.15, 0.2) is 5.16 Å². The molecule has 1 atom stereocenters. The van der Waals surface area contributed by atoms with Gasteiger partial charge in [-0.05, 0) is 44.4 Å². The van der Waals surface area contributed by atoms with E-state index in [9.17, 15) is 4.79 Å². The Labute approximate surface area is 163 Å². The molecule has 5 nitrogen and oxygen atoms in total. The molecule has 1 fully saturated rings. The summed E-state index contributed by atoms with van der Waals surface area (Å²) in [6.45, 7) is 6.22. The van der Waals surface area contributed by atoms with Gasteiger partial charge in [-0.3, -0.25) is 4.79 Å². The van der Waals surface area contributed by atoms with E-state index in [0.29, 0.717) is 17.3 Å². The number of ether oxygens (including phenoxy) is 1. The highest BCUT2D eigenvalue weighted by molar-refractivity contribution is 7.99. The maximum Gasteiger partial charge on any atom is 0.230 e. The van der Waals surface area contributed by atoms with Crippen LogP contribution in [0.4, 0.5) is 0 Å². The molecule has 1 aliphatic heterocycles. The first-order chi connectivity index (χ1) is 12.5. The van der Waals surface area contributed by atoms with Crippen molar-refractivity contribution in [3.8, 4) is 0 Å².